The largest absolute Gasteiger partial charge is 0.444 e. The van der Waals surface area contributed by atoms with Crippen LogP contribution in [0.3, 0.4) is 0 Å². The maximum atomic E-state index is 12.0. The fourth-order valence-corrected chi connectivity index (χ4v) is 3.12. The zero-order valence-electron chi connectivity index (χ0n) is 14.3. The van der Waals surface area contributed by atoms with Crippen molar-refractivity contribution in [3.8, 4) is 0 Å². The van der Waals surface area contributed by atoms with Crippen molar-refractivity contribution in [3.05, 3.63) is 34.3 Å². The van der Waals surface area contributed by atoms with Crippen molar-refractivity contribution in [2.24, 2.45) is 5.92 Å². The molecule has 2 rings (SSSR count). The average molecular weight is 383 g/mol. The van der Waals surface area contributed by atoms with E-state index in [2.05, 4.69) is 39.4 Å². The molecule has 1 saturated heterocycles. The Morgan fingerprint density at radius 1 is 1.30 bits per heavy atom. The first-order valence-corrected chi connectivity index (χ1v) is 9.06. The third-order valence-corrected chi connectivity index (χ3v) is 4.75. The monoisotopic (exact) mass is 382 g/mol. The molecule has 1 heterocycles. The molecule has 1 amide bonds. The number of amides is 1. The summed E-state index contributed by atoms with van der Waals surface area (Å²) in [7, 11) is 0. The van der Waals surface area contributed by atoms with Crippen molar-refractivity contribution in [2.75, 3.05) is 19.6 Å². The van der Waals surface area contributed by atoms with Crippen LogP contribution in [-0.2, 0) is 11.3 Å². The third kappa shape index (κ3) is 6.15. The van der Waals surface area contributed by atoms with E-state index < -0.39 is 5.60 Å². The second-order valence-corrected chi connectivity index (χ2v) is 7.99. The highest BCUT2D eigenvalue weighted by Crippen LogP contribution is 2.20. The topological polar surface area (TPSA) is 41.6 Å². The lowest BCUT2D eigenvalue weighted by molar-refractivity contribution is 0.0184. The zero-order valence-corrected chi connectivity index (χ0v) is 15.9. The van der Waals surface area contributed by atoms with Gasteiger partial charge in [-0.1, -0.05) is 34.1 Å². The van der Waals surface area contributed by atoms with Crippen molar-refractivity contribution >= 4 is 22.0 Å². The molecule has 5 heteroatoms. The maximum absolute atomic E-state index is 12.0. The molecule has 0 aromatic heterocycles. The van der Waals surface area contributed by atoms with Crippen molar-refractivity contribution in [3.63, 3.8) is 0 Å². The standard InChI is InChI=1S/C18H27BrN2O2/c1-18(2,3)23-17(22)21-10-8-14(9-11-21)12-20-13-15-6-4-5-7-16(15)19/h4-7,14,20H,8-13H2,1-3H3. The number of nitrogens with zero attached hydrogens (tertiary/aromatic N) is 1. The predicted molar refractivity (Wildman–Crippen MR) is 96.4 cm³/mol. The minimum Gasteiger partial charge on any atom is -0.444 e. The van der Waals surface area contributed by atoms with Gasteiger partial charge in [0.15, 0.2) is 0 Å². The molecule has 23 heavy (non-hydrogen) atoms. The van der Waals surface area contributed by atoms with Gasteiger partial charge >= 0.3 is 6.09 Å². The van der Waals surface area contributed by atoms with E-state index in [1.165, 1.54) is 5.56 Å². The van der Waals surface area contributed by atoms with Gasteiger partial charge in [-0.25, -0.2) is 4.79 Å². The van der Waals surface area contributed by atoms with Crippen molar-refractivity contribution in [1.29, 1.82) is 0 Å². The highest BCUT2D eigenvalue weighted by atomic mass is 79.9. The van der Waals surface area contributed by atoms with E-state index in [4.69, 9.17) is 4.74 Å². The third-order valence-electron chi connectivity index (χ3n) is 3.97. The Bertz CT molecular complexity index is 520. The fourth-order valence-electron chi connectivity index (χ4n) is 2.70. The number of benzene rings is 1. The molecule has 1 N–H and O–H groups in total. The summed E-state index contributed by atoms with van der Waals surface area (Å²) in [6.07, 6.45) is 1.88. The molecule has 1 aromatic rings. The van der Waals surface area contributed by atoms with E-state index in [1.54, 1.807) is 0 Å². The normalized spacial score (nSPS) is 16.4. The van der Waals surface area contributed by atoms with E-state index in [9.17, 15) is 4.79 Å². The summed E-state index contributed by atoms with van der Waals surface area (Å²) in [6, 6.07) is 8.28. The van der Waals surface area contributed by atoms with Crippen LogP contribution in [0.2, 0.25) is 0 Å². The molecule has 0 unspecified atom stereocenters. The quantitative estimate of drug-likeness (QED) is 0.848. The summed E-state index contributed by atoms with van der Waals surface area (Å²) in [5, 5.41) is 3.53. The van der Waals surface area contributed by atoms with E-state index in [-0.39, 0.29) is 6.09 Å². The van der Waals surface area contributed by atoms with Gasteiger partial charge in [0.1, 0.15) is 5.60 Å². The number of ether oxygens (including phenoxy) is 1. The van der Waals surface area contributed by atoms with Gasteiger partial charge in [0.2, 0.25) is 0 Å². The van der Waals surface area contributed by atoms with Crippen molar-refractivity contribution in [2.45, 2.75) is 45.8 Å². The number of likely N-dealkylation sites (tertiary alicyclic amines) is 1. The van der Waals surface area contributed by atoms with Gasteiger partial charge in [0, 0.05) is 24.1 Å². The van der Waals surface area contributed by atoms with E-state index in [0.29, 0.717) is 5.92 Å². The summed E-state index contributed by atoms with van der Waals surface area (Å²) < 4.78 is 6.58. The van der Waals surface area contributed by atoms with Crippen LogP contribution in [-0.4, -0.2) is 36.2 Å². The summed E-state index contributed by atoms with van der Waals surface area (Å²) in [5.74, 6) is 0.621. The van der Waals surface area contributed by atoms with Crippen molar-refractivity contribution in [1.82, 2.24) is 10.2 Å². The Hall–Kier alpha value is -1.07. The number of rotatable bonds is 4. The fraction of sp³-hybridized carbons (Fsp3) is 0.611. The molecule has 1 aliphatic rings. The summed E-state index contributed by atoms with van der Waals surface area (Å²) in [4.78, 5) is 13.9. The summed E-state index contributed by atoms with van der Waals surface area (Å²) >= 11 is 3.57. The van der Waals surface area contributed by atoms with Gasteiger partial charge in [0.25, 0.3) is 0 Å². The highest BCUT2D eigenvalue weighted by molar-refractivity contribution is 9.10. The van der Waals surface area contributed by atoms with Crippen LogP contribution in [0.15, 0.2) is 28.7 Å². The lowest BCUT2D eigenvalue weighted by Crippen LogP contribution is -2.43. The molecule has 0 atom stereocenters. The Labute approximate surface area is 147 Å². The highest BCUT2D eigenvalue weighted by Gasteiger charge is 2.26. The van der Waals surface area contributed by atoms with Gasteiger partial charge < -0.3 is 15.0 Å². The number of halogens is 1. The van der Waals surface area contributed by atoms with Crippen LogP contribution in [0.4, 0.5) is 4.79 Å². The lowest BCUT2D eigenvalue weighted by atomic mass is 9.97. The number of carbonyl (C=O) groups excluding carboxylic acids is 1. The Morgan fingerprint density at radius 3 is 2.57 bits per heavy atom. The smallest absolute Gasteiger partial charge is 0.410 e. The van der Waals surface area contributed by atoms with Gasteiger partial charge in [-0.3, -0.25) is 0 Å². The Morgan fingerprint density at radius 2 is 1.96 bits per heavy atom. The van der Waals surface area contributed by atoms with Crippen LogP contribution in [0.5, 0.6) is 0 Å². The van der Waals surface area contributed by atoms with Gasteiger partial charge in [-0.15, -0.1) is 0 Å². The first kappa shape index (κ1) is 18.3. The van der Waals surface area contributed by atoms with Crippen LogP contribution >= 0.6 is 15.9 Å². The first-order chi connectivity index (χ1) is 10.8. The molecule has 0 aliphatic carbocycles. The van der Waals surface area contributed by atoms with E-state index >= 15 is 0 Å². The molecule has 0 saturated carbocycles. The second-order valence-electron chi connectivity index (χ2n) is 7.13. The zero-order chi connectivity index (χ0) is 16.9. The predicted octanol–water partition coefficient (Wildman–Crippen LogP) is 4.19. The van der Waals surface area contributed by atoms with Gasteiger partial charge in [0.05, 0.1) is 0 Å². The lowest BCUT2D eigenvalue weighted by Gasteiger charge is -2.33. The number of carbonyl (C=O) groups is 1. The van der Waals surface area contributed by atoms with E-state index in [0.717, 1.165) is 43.5 Å². The molecule has 1 aromatic carbocycles. The Balaban J connectivity index is 1.69. The number of hydrogen-bond acceptors (Lipinski definition) is 3. The molecule has 0 radical (unpaired) electrons. The van der Waals surface area contributed by atoms with Crippen molar-refractivity contribution < 1.29 is 9.53 Å². The molecule has 128 valence electrons. The van der Waals surface area contributed by atoms with Crippen LogP contribution in [0.25, 0.3) is 0 Å². The number of piperidine rings is 1. The van der Waals surface area contributed by atoms with Gasteiger partial charge in [-0.2, -0.15) is 0 Å². The molecule has 1 aliphatic heterocycles. The summed E-state index contributed by atoms with van der Waals surface area (Å²) in [6.45, 7) is 9.15. The molecule has 4 nitrogen and oxygen atoms in total. The van der Waals surface area contributed by atoms with Crippen LogP contribution in [0.1, 0.15) is 39.2 Å². The Kier molecular flexibility index (Phi) is 6.48. The summed E-state index contributed by atoms with van der Waals surface area (Å²) in [5.41, 5.74) is 0.858. The molecule has 1 fully saturated rings. The number of nitrogens with one attached hydrogen (secondary N) is 1. The second kappa shape index (κ2) is 8.15. The average Bonchev–Trinajstić information content (AvgIpc) is 2.48. The molecule has 0 bridgehead atoms. The van der Waals surface area contributed by atoms with Crippen LogP contribution < -0.4 is 5.32 Å². The van der Waals surface area contributed by atoms with Gasteiger partial charge in [-0.05, 0) is 57.7 Å². The minimum absolute atomic E-state index is 0.183. The molecular formula is C18H27BrN2O2. The van der Waals surface area contributed by atoms with Crippen LogP contribution in [0, 0.1) is 5.92 Å². The number of hydrogen-bond donors (Lipinski definition) is 1. The SMILES string of the molecule is CC(C)(C)OC(=O)N1CCC(CNCc2ccccc2Br)CC1. The molecule has 0 spiro atoms. The van der Waals surface area contributed by atoms with E-state index in [1.807, 2.05) is 31.7 Å². The maximum Gasteiger partial charge on any atom is 0.410 e. The minimum atomic E-state index is -0.418. The first-order valence-electron chi connectivity index (χ1n) is 8.27. The molecular weight excluding hydrogens is 356 g/mol.